The molecule has 2 N–H and O–H groups in total. The van der Waals surface area contributed by atoms with Gasteiger partial charge in [0.1, 0.15) is 0 Å². The van der Waals surface area contributed by atoms with E-state index in [0.29, 0.717) is 12.0 Å². The lowest BCUT2D eigenvalue weighted by Gasteiger charge is -2.35. The van der Waals surface area contributed by atoms with Crippen LogP contribution in [0.5, 0.6) is 0 Å². The van der Waals surface area contributed by atoms with Crippen LogP contribution >= 0.6 is 0 Å². The third-order valence-corrected chi connectivity index (χ3v) is 3.87. The molecule has 0 aromatic rings. The van der Waals surface area contributed by atoms with Crippen molar-refractivity contribution in [2.45, 2.75) is 39.7 Å². The van der Waals surface area contributed by atoms with E-state index in [2.05, 4.69) is 25.7 Å². The minimum absolute atomic E-state index is 0.515. The van der Waals surface area contributed by atoms with Crippen LogP contribution in [0, 0.1) is 11.8 Å². The van der Waals surface area contributed by atoms with Gasteiger partial charge in [-0.2, -0.15) is 0 Å². The zero-order valence-corrected chi connectivity index (χ0v) is 11.1. The highest BCUT2D eigenvalue weighted by molar-refractivity contribution is 4.83. The molecule has 0 aromatic heterocycles. The Balaban J connectivity index is 2.52. The molecule has 0 aromatic carbocycles. The molecule has 96 valence electrons. The second-order valence-electron chi connectivity index (χ2n) is 5.03. The van der Waals surface area contributed by atoms with Gasteiger partial charge in [-0.05, 0) is 18.9 Å². The fourth-order valence-corrected chi connectivity index (χ4v) is 2.52. The maximum Gasteiger partial charge on any atom is 0.0510 e. The SMILES string of the molecule is CCC(C)CN(CC)C(CN)C1CCOC1. The van der Waals surface area contributed by atoms with Gasteiger partial charge in [0.2, 0.25) is 0 Å². The Morgan fingerprint density at radius 2 is 2.19 bits per heavy atom. The summed E-state index contributed by atoms with van der Waals surface area (Å²) in [5.74, 6) is 1.41. The van der Waals surface area contributed by atoms with Gasteiger partial charge in [0.25, 0.3) is 0 Å². The Hall–Kier alpha value is -0.120. The Kier molecular flexibility index (Phi) is 6.32. The first-order chi connectivity index (χ1) is 7.72. The van der Waals surface area contributed by atoms with Gasteiger partial charge >= 0.3 is 0 Å². The first-order valence-electron chi connectivity index (χ1n) is 6.74. The zero-order chi connectivity index (χ0) is 12.0. The predicted octanol–water partition coefficient (Wildman–Crippen LogP) is 1.72. The number of rotatable bonds is 7. The molecule has 3 atom stereocenters. The van der Waals surface area contributed by atoms with E-state index in [0.717, 1.165) is 32.2 Å². The third-order valence-electron chi connectivity index (χ3n) is 3.87. The number of hydrogen-bond donors (Lipinski definition) is 1. The van der Waals surface area contributed by atoms with Gasteiger partial charge in [-0.3, -0.25) is 4.90 Å². The van der Waals surface area contributed by atoms with E-state index in [1.54, 1.807) is 0 Å². The molecule has 1 heterocycles. The van der Waals surface area contributed by atoms with Crippen molar-refractivity contribution < 1.29 is 4.74 Å². The predicted molar refractivity (Wildman–Crippen MR) is 68.5 cm³/mol. The maximum absolute atomic E-state index is 5.95. The normalized spacial score (nSPS) is 24.9. The standard InChI is InChI=1S/C13H28N2O/c1-4-11(3)9-15(5-2)13(8-14)12-6-7-16-10-12/h11-13H,4-10,14H2,1-3H3. The van der Waals surface area contributed by atoms with Gasteiger partial charge in [0.05, 0.1) is 6.61 Å². The Morgan fingerprint density at radius 3 is 2.62 bits per heavy atom. The van der Waals surface area contributed by atoms with Crippen molar-refractivity contribution in [3.05, 3.63) is 0 Å². The van der Waals surface area contributed by atoms with Crippen molar-refractivity contribution in [2.75, 3.05) is 32.8 Å². The number of nitrogens with two attached hydrogens (primary N) is 1. The van der Waals surface area contributed by atoms with Crippen LogP contribution < -0.4 is 5.73 Å². The molecular formula is C13H28N2O. The molecular weight excluding hydrogens is 200 g/mol. The molecule has 3 heteroatoms. The number of ether oxygens (including phenoxy) is 1. The molecule has 0 bridgehead atoms. The van der Waals surface area contributed by atoms with Crippen molar-refractivity contribution >= 4 is 0 Å². The van der Waals surface area contributed by atoms with Gasteiger partial charge in [-0.15, -0.1) is 0 Å². The van der Waals surface area contributed by atoms with Crippen molar-refractivity contribution in [1.29, 1.82) is 0 Å². The molecule has 0 saturated carbocycles. The van der Waals surface area contributed by atoms with Crippen molar-refractivity contribution in [3.8, 4) is 0 Å². The molecule has 1 aliphatic heterocycles. The van der Waals surface area contributed by atoms with Crippen LogP contribution in [0.4, 0.5) is 0 Å². The van der Waals surface area contributed by atoms with Crippen molar-refractivity contribution in [1.82, 2.24) is 4.90 Å². The number of hydrogen-bond acceptors (Lipinski definition) is 3. The minimum atomic E-state index is 0.515. The summed E-state index contributed by atoms with van der Waals surface area (Å²) in [5, 5.41) is 0. The zero-order valence-electron chi connectivity index (χ0n) is 11.1. The Morgan fingerprint density at radius 1 is 1.44 bits per heavy atom. The smallest absolute Gasteiger partial charge is 0.0510 e. The lowest BCUT2D eigenvalue weighted by Crippen LogP contribution is -2.47. The van der Waals surface area contributed by atoms with Crippen LogP contribution in [0.25, 0.3) is 0 Å². The Bertz CT molecular complexity index is 181. The lowest BCUT2D eigenvalue weighted by molar-refractivity contribution is 0.113. The first-order valence-corrected chi connectivity index (χ1v) is 6.74. The van der Waals surface area contributed by atoms with Crippen LogP contribution in [0.2, 0.25) is 0 Å². The highest BCUT2D eigenvalue weighted by Crippen LogP contribution is 2.21. The molecule has 1 aliphatic rings. The van der Waals surface area contributed by atoms with Crippen molar-refractivity contribution in [3.63, 3.8) is 0 Å². The molecule has 3 nitrogen and oxygen atoms in total. The number of nitrogens with zero attached hydrogens (tertiary/aromatic N) is 1. The highest BCUT2D eigenvalue weighted by Gasteiger charge is 2.29. The van der Waals surface area contributed by atoms with E-state index >= 15 is 0 Å². The summed E-state index contributed by atoms with van der Waals surface area (Å²) in [6, 6.07) is 0.515. The van der Waals surface area contributed by atoms with Gasteiger partial charge in [0, 0.05) is 31.7 Å². The molecule has 3 unspecified atom stereocenters. The number of likely N-dealkylation sites (N-methyl/N-ethyl adjacent to an activating group) is 1. The molecule has 0 amide bonds. The van der Waals surface area contributed by atoms with E-state index in [1.165, 1.54) is 19.4 Å². The van der Waals surface area contributed by atoms with Gasteiger partial charge in [-0.1, -0.05) is 27.2 Å². The largest absolute Gasteiger partial charge is 0.381 e. The average molecular weight is 228 g/mol. The summed E-state index contributed by atoms with van der Waals surface area (Å²) < 4.78 is 5.48. The van der Waals surface area contributed by atoms with E-state index in [-0.39, 0.29) is 0 Å². The van der Waals surface area contributed by atoms with Crippen LogP contribution in [0.1, 0.15) is 33.6 Å². The summed E-state index contributed by atoms with van der Waals surface area (Å²) in [7, 11) is 0. The monoisotopic (exact) mass is 228 g/mol. The summed E-state index contributed by atoms with van der Waals surface area (Å²) in [6.45, 7) is 11.7. The highest BCUT2D eigenvalue weighted by atomic mass is 16.5. The Labute approximate surface area is 100 Å². The average Bonchev–Trinajstić information content (AvgIpc) is 2.82. The van der Waals surface area contributed by atoms with Crippen LogP contribution in [-0.2, 0) is 4.74 Å². The molecule has 1 saturated heterocycles. The summed E-state index contributed by atoms with van der Waals surface area (Å²) >= 11 is 0. The van der Waals surface area contributed by atoms with Crippen molar-refractivity contribution in [2.24, 2.45) is 17.6 Å². The molecule has 0 spiro atoms. The van der Waals surface area contributed by atoms with E-state index < -0.39 is 0 Å². The topological polar surface area (TPSA) is 38.5 Å². The quantitative estimate of drug-likeness (QED) is 0.721. The van der Waals surface area contributed by atoms with E-state index in [9.17, 15) is 0 Å². The summed E-state index contributed by atoms with van der Waals surface area (Å²) in [6.07, 6.45) is 2.42. The first kappa shape index (κ1) is 13.9. The maximum atomic E-state index is 5.95. The molecule has 0 aliphatic carbocycles. The fraction of sp³-hybridized carbons (Fsp3) is 1.00. The van der Waals surface area contributed by atoms with Gasteiger partial charge < -0.3 is 10.5 Å². The van der Waals surface area contributed by atoms with Crippen LogP contribution in [0.15, 0.2) is 0 Å². The molecule has 1 fully saturated rings. The third kappa shape index (κ3) is 3.72. The molecule has 1 rings (SSSR count). The fourth-order valence-electron chi connectivity index (χ4n) is 2.52. The second kappa shape index (κ2) is 7.25. The van der Waals surface area contributed by atoms with E-state index in [4.69, 9.17) is 10.5 Å². The second-order valence-corrected chi connectivity index (χ2v) is 5.03. The molecule has 0 radical (unpaired) electrons. The van der Waals surface area contributed by atoms with Crippen LogP contribution in [-0.4, -0.2) is 43.8 Å². The van der Waals surface area contributed by atoms with E-state index in [1.807, 2.05) is 0 Å². The minimum Gasteiger partial charge on any atom is -0.381 e. The van der Waals surface area contributed by atoms with Gasteiger partial charge in [-0.25, -0.2) is 0 Å². The summed E-state index contributed by atoms with van der Waals surface area (Å²) in [4.78, 5) is 2.55. The molecule has 16 heavy (non-hydrogen) atoms. The van der Waals surface area contributed by atoms with Gasteiger partial charge in [0.15, 0.2) is 0 Å². The summed E-state index contributed by atoms with van der Waals surface area (Å²) in [5.41, 5.74) is 5.95. The lowest BCUT2D eigenvalue weighted by atomic mass is 9.96. The van der Waals surface area contributed by atoms with Crippen LogP contribution in [0.3, 0.4) is 0 Å².